The van der Waals surface area contributed by atoms with Gasteiger partial charge in [-0.1, -0.05) is 63.6 Å². The Morgan fingerprint density at radius 3 is 2.50 bits per heavy atom. The molecular formula is C17H26O. The Morgan fingerprint density at radius 2 is 1.94 bits per heavy atom. The molecule has 0 radical (unpaired) electrons. The van der Waals surface area contributed by atoms with Gasteiger partial charge in [0.25, 0.3) is 0 Å². The van der Waals surface area contributed by atoms with E-state index in [1.54, 1.807) is 6.26 Å². The van der Waals surface area contributed by atoms with E-state index in [1.807, 2.05) is 0 Å². The molecule has 0 aliphatic heterocycles. The van der Waals surface area contributed by atoms with Crippen LogP contribution in [0.4, 0.5) is 0 Å². The van der Waals surface area contributed by atoms with Crippen molar-refractivity contribution in [3.05, 3.63) is 48.7 Å². The summed E-state index contributed by atoms with van der Waals surface area (Å²) in [7, 11) is 0. The average Bonchev–Trinajstić information content (AvgIpc) is 2.41. The molecule has 0 aliphatic rings. The van der Waals surface area contributed by atoms with E-state index in [9.17, 15) is 0 Å². The Bertz CT molecular complexity index is 318. The van der Waals surface area contributed by atoms with E-state index in [2.05, 4.69) is 50.8 Å². The molecule has 18 heavy (non-hydrogen) atoms. The third kappa shape index (κ3) is 4.95. The Kier molecular flexibility index (Phi) is 7.24. The second-order valence-electron chi connectivity index (χ2n) is 4.84. The van der Waals surface area contributed by atoms with Crippen molar-refractivity contribution in [2.24, 2.45) is 5.92 Å². The molecule has 1 nitrogen and oxygen atoms in total. The maximum absolute atomic E-state index is 5.76. The first kappa shape index (κ1) is 14.8. The fraction of sp³-hybridized carbons (Fsp3) is 0.529. The normalized spacial score (nSPS) is 13.9. The maximum Gasteiger partial charge on any atom is 0.105 e. The fourth-order valence-electron chi connectivity index (χ4n) is 2.42. The lowest BCUT2D eigenvalue weighted by Crippen LogP contribution is -2.24. The molecule has 2 atom stereocenters. The Balaban J connectivity index is 2.64. The lowest BCUT2D eigenvalue weighted by molar-refractivity contribution is 0.0788. The Morgan fingerprint density at radius 1 is 1.22 bits per heavy atom. The first-order chi connectivity index (χ1) is 8.81. The molecule has 0 aliphatic carbocycles. The van der Waals surface area contributed by atoms with Crippen LogP contribution < -0.4 is 0 Å². The van der Waals surface area contributed by atoms with Crippen molar-refractivity contribution >= 4 is 0 Å². The van der Waals surface area contributed by atoms with Gasteiger partial charge >= 0.3 is 0 Å². The summed E-state index contributed by atoms with van der Waals surface area (Å²) in [5.41, 5.74) is 1.35. The van der Waals surface area contributed by atoms with Gasteiger partial charge in [0.15, 0.2) is 0 Å². The molecule has 0 amide bonds. The fourth-order valence-corrected chi connectivity index (χ4v) is 2.42. The summed E-state index contributed by atoms with van der Waals surface area (Å²) in [6.45, 7) is 8.21. The van der Waals surface area contributed by atoms with E-state index in [0.717, 1.165) is 6.42 Å². The third-order valence-corrected chi connectivity index (χ3v) is 3.53. The van der Waals surface area contributed by atoms with Crippen LogP contribution in [0.15, 0.2) is 43.2 Å². The molecule has 1 aromatic rings. The minimum atomic E-state index is 0.265. The molecule has 100 valence electrons. The van der Waals surface area contributed by atoms with Crippen molar-refractivity contribution < 1.29 is 4.74 Å². The molecule has 0 saturated heterocycles. The topological polar surface area (TPSA) is 9.23 Å². The largest absolute Gasteiger partial charge is 0.498 e. The second kappa shape index (κ2) is 8.79. The van der Waals surface area contributed by atoms with Gasteiger partial charge in [-0.3, -0.25) is 0 Å². The van der Waals surface area contributed by atoms with Gasteiger partial charge < -0.3 is 4.74 Å². The Hall–Kier alpha value is -1.24. The van der Waals surface area contributed by atoms with Crippen molar-refractivity contribution in [1.29, 1.82) is 0 Å². The minimum absolute atomic E-state index is 0.265. The van der Waals surface area contributed by atoms with Crippen molar-refractivity contribution in [2.45, 2.75) is 52.1 Å². The predicted molar refractivity (Wildman–Crippen MR) is 78.5 cm³/mol. The van der Waals surface area contributed by atoms with Gasteiger partial charge in [-0.25, -0.2) is 0 Å². The van der Waals surface area contributed by atoms with Gasteiger partial charge in [-0.05, 0) is 24.3 Å². The van der Waals surface area contributed by atoms with Gasteiger partial charge in [-0.15, -0.1) is 0 Å². The summed E-state index contributed by atoms with van der Waals surface area (Å²) >= 11 is 0. The van der Waals surface area contributed by atoms with E-state index in [1.165, 1.54) is 31.2 Å². The molecule has 0 fully saturated rings. The van der Waals surface area contributed by atoms with Crippen LogP contribution in [-0.2, 0) is 11.2 Å². The highest BCUT2D eigenvalue weighted by Crippen LogP contribution is 2.23. The van der Waals surface area contributed by atoms with E-state index < -0.39 is 0 Å². The number of benzene rings is 1. The van der Waals surface area contributed by atoms with Gasteiger partial charge in [-0.2, -0.15) is 0 Å². The number of hydrogen-bond donors (Lipinski definition) is 0. The van der Waals surface area contributed by atoms with Crippen molar-refractivity contribution in [1.82, 2.24) is 0 Å². The standard InChI is InChI=1S/C17H26O/c1-4-7-13-16(5-2)17(18-6-3)14-15-11-9-8-10-12-15/h6,8-12,16-17H,3-5,7,13-14H2,1-2H3. The van der Waals surface area contributed by atoms with Gasteiger partial charge in [0.2, 0.25) is 0 Å². The van der Waals surface area contributed by atoms with Crippen molar-refractivity contribution in [3.8, 4) is 0 Å². The molecular weight excluding hydrogens is 220 g/mol. The smallest absolute Gasteiger partial charge is 0.105 e. The molecule has 1 heteroatoms. The molecule has 0 saturated carbocycles. The zero-order valence-corrected chi connectivity index (χ0v) is 11.8. The van der Waals surface area contributed by atoms with Crippen LogP contribution in [0.5, 0.6) is 0 Å². The molecule has 0 bridgehead atoms. The van der Waals surface area contributed by atoms with Gasteiger partial charge in [0, 0.05) is 6.42 Å². The van der Waals surface area contributed by atoms with Crippen molar-refractivity contribution in [2.75, 3.05) is 0 Å². The van der Waals surface area contributed by atoms with Crippen LogP contribution in [0.3, 0.4) is 0 Å². The summed E-state index contributed by atoms with van der Waals surface area (Å²) < 4.78 is 5.76. The first-order valence-corrected chi connectivity index (χ1v) is 7.12. The van der Waals surface area contributed by atoms with Crippen LogP contribution in [0.25, 0.3) is 0 Å². The molecule has 2 unspecified atom stereocenters. The van der Waals surface area contributed by atoms with Gasteiger partial charge in [0.1, 0.15) is 6.10 Å². The van der Waals surface area contributed by atoms with E-state index in [0.29, 0.717) is 5.92 Å². The number of ether oxygens (including phenoxy) is 1. The number of rotatable bonds is 9. The predicted octanol–water partition coefficient (Wildman–Crippen LogP) is 4.97. The molecule has 1 rings (SSSR count). The maximum atomic E-state index is 5.76. The highest BCUT2D eigenvalue weighted by Gasteiger charge is 2.20. The van der Waals surface area contributed by atoms with Crippen LogP contribution >= 0.6 is 0 Å². The molecule has 1 aromatic carbocycles. The zero-order chi connectivity index (χ0) is 13.2. The summed E-state index contributed by atoms with van der Waals surface area (Å²) in [6, 6.07) is 10.6. The minimum Gasteiger partial charge on any atom is -0.498 e. The monoisotopic (exact) mass is 246 g/mol. The summed E-state index contributed by atoms with van der Waals surface area (Å²) in [5, 5.41) is 0. The van der Waals surface area contributed by atoms with Crippen LogP contribution in [0.2, 0.25) is 0 Å². The number of unbranched alkanes of at least 4 members (excludes halogenated alkanes) is 1. The third-order valence-electron chi connectivity index (χ3n) is 3.53. The van der Waals surface area contributed by atoms with Gasteiger partial charge in [0.05, 0.1) is 6.26 Å². The summed E-state index contributed by atoms with van der Waals surface area (Å²) in [5.74, 6) is 0.628. The number of hydrogen-bond acceptors (Lipinski definition) is 1. The average molecular weight is 246 g/mol. The van der Waals surface area contributed by atoms with E-state index >= 15 is 0 Å². The summed E-state index contributed by atoms with van der Waals surface area (Å²) in [6.07, 6.45) is 7.80. The highest BCUT2D eigenvalue weighted by molar-refractivity contribution is 5.15. The lowest BCUT2D eigenvalue weighted by Gasteiger charge is -2.25. The van der Waals surface area contributed by atoms with Crippen LogP contribution in [0.1, 0.15) is 45.1 Å². The quantitative estimate of drug-likeness (QED) is 0.559. The van der Waals surface area contributed by atoms with Crippen LogP contribution in [0, 0.1) is 5.92 Å². The van der Waals surface area contributed by atoms with Crippen molar-refractivity contribution in [3.63, 3.8) is 0 Å². The van der Waals surface area contributed by atoms with Crippen LogP contribution in [-0.4, -0.2) is 6.10 Å². The van der Waals surface area contributed by atoms with E-state index in [4.69, 9.17) is 4.74 Å². The highest BCUT2D eigenvalue weighted by atomic mass is 16.5. The first-order valence-electron chi connectivity index (χ1n) is 7.12. The molecule has 0 heterocycles. The summed E-state index contributed by atoms with van der Waals surface area (Å²) in [4.78, 5) is 0. The molecule has 0 aromatic heterocycles. The molecule has 0 N–H and O–H groups in total. The zero-order valence-electron chi connectivity index (χ0n) is 11.8. The Labute approximate surface area is 112 Å². The second-order valence-corrected chi connectivity index (χ2v) is 4.84. The SMILES string of the molecule is C=COC(Cc1ccccc1)C(CC)CCCC. The van der Waals surface area contributed by atoms with E-state index in [-0.39, 0.29) is 6.10 Å². The lowest BCUT2D eigenvalue weighted by atomic mass is 9.89. The molecule has 0 spiro atoms.